The minimum absolute atomic E-state index is 0.0523. The van der Waals surface area contributed by atoms with Gasteiger partial charge in [0, 0.05) is 29.1 Å². The number of non-ortho nitro benzene ring substituents is 1. The number of halogens is 1. The molecule has 2 atom stereocenters. The average Bonchev–Trinajstić information content (AvgIpc) is 2.34. The Hall–Kier alpha value is -0.980. The molecule has 18 heavy (non-hydrogen) atoms. The number of nitrogens with zero attached hydrogens (tertiary/aromatic N) is 1. The molecule has 1 aromatic rings. The predicted octanol–water partition coefficient (Wildman–Crippen LogP) is 2.30. The third-order valence-electron chi connectivity index (χ3n) is 3.16. The molecule has 6 heteroatoms. The molecule has 1 N–H and O–H groups in total. The van der Waals surface area contributed by atoms with Gasteiger partial charge in [0.05, 0.1) is 17.6 Å². The maximum absolute atomic E-state index is 10.6. The maximum atomic E-state index is 10.6. The summed E-state index contributed by atoms with van der Waals surface area (Å²) in [7, 11) is 0. The first-order valence-corrected chi connectivity index (χ1v) is 6.56. The lowest BCUT2D eigenvalue weighted by molar-refractivity contribution is -0.384. The molecule has 1 heterocycles. The van der Waals surface area contributed by atoms with Crippen molar-refractivity contribution in [2.45, 2.75) is 18.9 Å². The fourth-order valence-electron chi connectivity index (χ4n) is 2.08. The van der Waals surface area contributed by atoms with Gasteiger partial charge in [-0.3, -0.25) is 10.1 Å². The second kappa shape index (κ2) is 5.77. The van der Waals surface area contributed by atoms with Gasteiger partial charge >= 0.3 is 0 Å². The van der Waals surface area contributed by atoms with E-state index in [0.717, 1.165) is 5.56 Å². The van der Waals surface area contributed by atoms with E-state index in [1.807, 2.05) is 0 Å². The Balaban J connectivity index is 2.11. The van der Waals surface area contributed by atoms with Crippen molar-refractivity contribution in [2.75, 3.05) is 13.2 Å². The second-order valence-electron chi connectivity index (χ2n) is 4.43. The van der Waals surface area contributed by atoms with Gasteiger partial charge in [-0.1, -0.05) is 22.0 Å². The van der Waals surface area contributed by atoms with Gasteiger partial charge in [0.2, 0.25) is 0 Å². The summed E-state index contributed by atoms with van der Waals surface area (Å²) in [6, 6.07) is 4.70. The Kier molecular flexibility index (Phi) is 4.31. The first-order chi connectivity index (χ1) is 8.58. The van der Waals surface area contributed by atoms with Gasteiger partial charge in [-0.25, -0.2) is 0 Å². The molecule has 98 valence electrons. The highest BCUT2D eigenvalue weighted by atomic mass is 79.9. The van der Waals surface area contributed by atoms with E-state index in [9.17, 15) is 15.2 Å². The molecule has 0 bridgehead atoms. The molecule has 0 saturated carbocycles. The normalized spacial score (nSPS) is 23.9. The molecular weight excluding hydrogens is 302 g/mol. The summed E-state index contributed by atoms with van der Waals surface area (Å²) in [5.41, 5.74) is 1.02. The van der Waals surface area contributed by atoms with Crippen LogP contribution >= 0.6 is 15.9 Å². The van der Waals surface area contributed by atoms with Gasteiger partial charge in [-0.2, -0.15) is 0 Å². The SMILES string of the molecule is O=[N+]([O-])c1ccc(CC2COCCC2O)c(Br)c1. The summed E-state index contributed by atoms with van der Waals surface area (Å²) in [4.78, 5) is 10.2. The Morgan fingerprint density at radius 1 is 1.56 bits per heavy atom. The second-order valence-corrected chi connectivity index (χ2v) is 5.28. The molecule has 0 radical (unpaired) electrons. The van der Waals surface area contributed by atoms with Crippen molar-refractivity contribution < 1.29 is 14.8 Å². The van der Waals surface area contributed by atoms with E-state index in [1.54, 1.807) is 6.07 Å². The third-order valence-corrected chi connectivity index (χ3v) is 3.90. The number of benzene rings is 1. The van der Waals surface area contributed by atoms with E-state index in [0.29, 0.717) is 30.5 Å². The van der Waals surface area contributed by atoms with Crippen LogP contribution in [0.5, 0.6) is 0 Å². The highest BCUT2D eigenvalue weighted by molar-refractivity contribution is 9.10. The molecule has 2 unspecified atom stereocenters. The summed E-state index contributed by atoms with van der Waals surface area (Å²) in [5, 5.41) is 20.5. The van der Waals surface area contributed by atoms with E-state index in [2.05, 4.69) is 15.9 Å². The van der Waals surface area contributed by atoms with E-state index in [1.165, 1.54) is 12.1 Å². The number of aliphatic hydroxyl groups is 1. The van der Waals surface area contributed by atoms with Gasteiger partial charge in [-0.15, -0.1) is 0 Å². The average molecular weight is 316 g/mol. The molecule has 0 aromatic heterocycles. The minimum Gasteiger partial charge on any atom is -0.393 e. The van der Waals surface area contributed by atoms with Crippen LogP contribution in [-0.4, -0.2) is 29.3 Å². The predicted molar refractivity (Wildman–Crippen MR) is 69.4 cm³/mol. The largest absolute Gasteiger partial charge is 0.393 e. The highest BCUT2D eigenvalue weighted by Gasteiger charge is 2.24. The lowest BCUT2D eigenvalue weighted by Crippen LogP contribution is -2.33. The van der Waals surface area contributed by atoms with Crippen LogP contribution in [0, 0.1) is 16.0 Å². The Morgan fingerprint density at radius 3 is 2.94 bits per heavy atom. The van der Waals surface area contributed by atoms with Crippen molar-refractivity contribution in [2.24, 2.45) is 5.92 Å². The zero-order chi connectivity index (χ0) is 13.1. The van der Waals surface area contributed by atoms with Crippen molar-refractivity contribution in [1.82, 2.24) is 0 Å². The molecule has 1 fully saturated rings. The standard InChI is InChI=1S/C12H14BrNO4/c13-11-6-10(14(16)17)2-1-8(11)5-9-7-18-4-3-12(9)15/h1-2,6,9,12,15H,3-5,7H2. The number of nitro benzene ring substituents is 1. The van der Waals surface area contributed by atoms with Gasteiger partial charge in [0.25, 0.3) is 5.69 Å². The molecule has 1 aliphatic rings. The third kappa shape index (κ3) is 3.07. The van der Waals surface area contributed by atoms with Crippen molar-refractivity contribution in [3.05, 3.63) is 38.3 Å². The van der Waals surface area contributed by atoms with Gasteiger partial charge in [-0.05, 0) is 18.4 Å². The Bertz CT molecular complexity index is 452. The number of aliphatic hydroxyl groups excluding tert-OH is 1. The van der Waals surface area contributed by atoms with Gasteiger partial charge in [0.15, 0.2) is 0 Å². The summed E-state index contributed by atoms with van der Waals surface area (Å²) in [5.74, 6) is 0.0523. The molecular formula is C12H14BrNO4. The first-order valence-electron chi connectivity index (χ1n) is 5.76. The molecule has 0 aliphatic carbocycles. The van der Waals surface area contributed by atoms with Crippen LogP contribution in [0.2, 0.25) is 0 Å². The van der Waals surface area contributed by atoms with Gasteiger partial charge in [0.1, 0.15) is 0 Å². The van der Waals surface area contributed by atoms with Crippen LogP contribution < -0.4 is 0 Å². The minimum atomic E-state index is -0.424. The van der Waals surface area contributed by atoms with Crippen LogP contribution in [-0.2, 0) is 11.2 Å². The molecule has 0 spiro atoms. The van der Waals surface area contributed by atoms with Crippen LogP contribution in [0.1, 0.15) is 12.0 Å². The topological polar surface area (TPSA) is 72.6 Å². The quantitative estimate of drug-likeness (QED) is 0.686. The molecule has 1 aliphatic heterocycles. The zero-order valence-electron chi connectivity index (χ0n) is 9.71. The lowest BCUT2D eigenvalue weighted by Gasteiger charge is -2.27. The van der Waals surface area contributed by atoms with E-state index in [4.69, 9.17) is 4.74 Å². The maximum Gasteiger partial charge on any atom is 0.270 e. The fourth-order valence-corrected chi connectivity index (χ4v) is 2.61. The fraction of sp³-hybridized carbons (Fsp3) is 0.500. The van der Waals surface area contributed by atoms with Crippen LogP contribution in [0.4, 0.5) is 5.69 Å². The Morgan fingerprint density at radius 2 is 2.33 bits per heavy atom. The lowest BCUT2D eigenvalue weighted by atomic mass is 9.91. The monoisotopic (exact) mass is 315 g/mol. The zero-order valence-corrected chi connectivity index (χ0v) is 11.3. The van der Waals surface area contributed by atoms with E-state index >= 15 is 0 Å². The first kappa shape index (κ1) is 13.5. The van der Waals surface area contributed by atoms with Crippen molar-refractivity contribution in [1.29, 1.82) is 0 Å². The van der Waals surface area contributed by atoms with Crippen molar-refractivity contribution >= 4 is 21.6 Å². The molecule has 1 aromatic carbocycles. The highest BCUT2D eigenvalue weighted by Crippen LogP contribution is 2.27. The summed E-state index contributed by atoms with van der Waals surface area (Å²) in [6.45, 7) is 1.13. The molecule has 5 nitrogen and oxygen atoms in total. The molecule has 1 saturated heterocycles. The number of nitro groups is 1. The van der Waals surface area contributed by atoms with Crippen LogP contribution in [0.3, 0.4) is 0 Å². The van der Waals surface area contributed by atoms with Crippen molar-refractivity contribution in [3.63, 3.8) is 0 Å². The Labute approximate surface area is 113 Å². The number of ether oxygens (including phenoxy) is 1. The number of rotatable bonds is 3. The molecule has 2 rings (SSSR count). The smallest absolute Gasteiger partial charge is 0.270 e. The van der Waals surface area contributed by atoms with Crippen molar-refractivity contribution in [3.8, 4) is 0 Å². The van der Waals surface area contributed by atoms with E-state index in [-0.39, 0.29) is 17.7 Å². The number of hydrogen-bond acceptors (Lipinski definition) is 4. The summed E-state index contributed by atoms with van der Waals surface area (Å²) >= 11 is 3.34. The van der Waals surface area contributed by atoms with E-state index < -0.39 is 4.92 Å². The summed E-state index contributed by atoms with van der Waals surface area (Å²) < 4.78 is 6.05. The van der Waals surface area contributed by atoms with Gasteiger partial charge < -0.3 is 9.84 Å². The number of hydrogen-bond donors (Lipinski definition) is 1. The summed E-state index contributed by atoms with van der Waals surface area (Å²) in [6.07, 6.45) is 0.940. The molecule has 0 amide bonds. The van der Waals surface area contributed by atoms with Crippen LogP contribution in [0.25, 0.3) is 0 Å². The van der Waals surface area contributed by atoms with Crippen LogP contribution in [0.15, 0.2) is 22.7 Å².